The molecule has 1 aromatic carbocycles. The number of carboxylic acids is 1. The number of hydrogen-bond acceptors (Lipinski definition) is 2. The Bertz CT molecular complexity index is 533. The first-order chi connectivity index (χ1) is 7.59. The summed E-state index contributed by atoms with van der Waals surface area (Å²) in [5.74, 6) is -1.62. The van der Waals surface area contributed by atoms with Crippen LogP contribution in [0.3, 0.4) is 0 Å². The van der Waals surface area contributed by atoms with Gasteiger partial charge in [-0.2, -0.15) is 0 Å². The fourth-order valence-electron chi connectivity index (χ4n) is 1.28. The van der Waals surface area contributed by atoms with E-state index in [1.54, 1.807) is 0 Å². The zero-order chi connectivity index (χ0) is 11.7. The molecule has 0 unspecified atom stereocenters. The van der Waals surface area contributed by atoms with Gasteiger partial charge < -0.3 is 10.1 Å². The first-order valence-corrected chi connectivity index (χ1v) is 4.70. The minimum absolute atomic E-state index is 0.0664. The number of H-pyrrole nitrogens is 1. The molecule has 2 aromatic rings. The Morgan fingerprint density at radius 3 is 2.81 bits per heavy atom. The lowest BCUT2D eigenvalue weighted by Crippen LogP contribution is -1.96. The van der Waals surface area contributed by atoms with E-state index >= 15 is 0 Å². The normalized spacial score (nSPS) is 10.4. The van der Waals surface area contributed by atoms with Gasteiger partial charge >= 0.3 is 5.97 Å². The Hall–Kier alpha value is -1.88. The molecule has 0 fully saturated rings. The number of hydrogen-bond donors (Lipinski definition) is 2. The van der Waals surface area contributed by atoms with Crippen molar-refractivity contribution >= 4 is 17.6 Å². The maximum atomic E-state index is 13.5. The van der Waals surface area contributed by atoms with Crippen LogP contribution in [0.1, 0.15) is 10.5 Å². The van der Waals surface area contributed by atoms with E-state index < -0.39 is 11.8 Å². The standard InChI is InChI=1S/C10H6ClFN2O2/c11-5-2-1-3-6(12)8(5)9-13-4-7(14-9)10(15)16/h1-4H,(H,13,14)(H,15,16). The molecule has 82 valence electrons. The van der Waals surface area contributed by atoms with Crippen LogP contribution < -0.4 is 0 Å². The van der Waals surface area contributed by atoms with Crippen molar-refractivity contribution in [1.29, 1.82) is 0 Å². The number of nitrogens with zero attached hydrogens (tertiary/aromatic N) is 1. The molecule has 0 aliphatic rings. The second kappa shape index (κ2) is 3.94. The number of carboxylic acid groups (broad SMARTS) is 1. The second-order valence-electron chi connectivity index (χ2n) is 3.05. The van der Waals surface area contributed by atoms with Crippen LogP contribution in [0.25, 0.3) is 11.4 Å². The molecule has 0 saturated carbocycles. The van der Waals surface area contributed by atoms with Crippen LogP contribution in [0.15, 0.2) is 24.4 Å². The van der Waals surface area contributed by atoms with Crippen LogP contribution in [-0.4, -0.2) is 21.0 Å². The Morgan fingerprint density at radius 2 is 2.25 bits per heavy atom. The number of aromatic amines is 1. The van der Waals surface area contributed by atoms with Crippen molar-refractivity contribution in [2.75, 3.05) is 0 Å². The number of halogens is 2. The molecule has 0 aliphatic carbocycles. The second-order valence-corrected chi connectivity index (χ2v) is 3.45. The highest BCUT2D eigenvalue weighted by Crippen LogP contribution is 2.28. The SMILES string of the molecule is O=C(O)c1cnc(-c2c(F)cccc2Cl)[nH]1. The molecule has 2 N–H and O–H groups in total. The minimum atomic E-state index is -1.16. The largest absolute Gasteiger partial charge is 0.477 e. The number of nitrogens with one attached hydrogen (secondary N) is 1. The molecule has 16 heavy (non-hydrogen) atoms. The Balaban J connectivity index is 2.54. The van der Waals surface area contributed by atoms with E-state index in [-0.39, 0.29) is 22.1 Å². The maximum absolute atomic E-state index is 13.5. The average Bonchev–Trinajstić information content (AvgIpc) is 2.66. The van der Waals surface area contributed by atoms with Crippen LogP contribution in [0.2, 0.25) is 5.02 Å². The van der Waals surface area contributed by atoms with Gasteiger partial charge in [0.1, 0.15) is 17.3 Å². The number of aromatic nitrogens is 2. The van der Waals surface area contributed by atoms with Crippen molar-refractivity contribution in [2.45, 2.75) is 0 Å². The average molecular weight is 241 g/mol. The Labute approximate surface area is 94.7 Å². The van der Waals surface area contributed by atoms with Crippen LogP contribution >= 0.6 is 11.6 Å². The topological polar surface area (TPSA) is 66.0 Å². The van der Waals surface area contributed by atoms with Gasteiger partial charge in [0.2, 0.25) is 0 Å². The first kappa shape index (κ1) is 10.6. The fraction of sp³-hybridized carbons (Fsp3) is 0. The highest BCUT2D eigenvalue weighted by atomic mass is 35.5. The molecular formula is C10H6ClFN2O2. The number of benzene rings is 1. The van der Waals surface area contributed by atoms with Crippen molar-refractivity contribution < 1.29 is 14.3 Å². The molecule has 0 aliphatic heterocycles. The van der Waals surface area contributed by atoms with E-state index in [1.165, 1.54) is 18.2 Å². The van der Waals surface area contributed by atoms with Gasteiger partial charge in [0.25, 0.3) is 0 Å². The summed E-state index contributed by atoms with van der Waals surface area (Å²) >= 11 is 5.81. The molecule has 6 heteroatoms. The number of rotatable bonds is 2. The summed E-state index contributed by atoms with van der Waals surface area (Å²) in [6, 6.07) is 4.19. The molecule has 0 bridgehead atoms. The maximum Gasteiger partial charge on any atom is 0.353 e. The van der Waals surface area contributed by atoms with E-state index in [1.807, 2.05) is 0 Å². The molecule has 1 aromatic heterocycles. The van der Waals surface area contributed by atoms with Gasteiger partial charge in [0.05, 0.1) is 16.8 Å². The predicted octanol–water partition coefficient (Wildman–Crippen LogP) is 2.57. The molecule has 0 spiro atoms. The lowest BCUT2D eigenvalue weighted by molar-refractivity contribution is 0.0691. The van der Waals surface area contributed by atoms with Gasteiger partial charge in [-0.15, -0.1) is 0 Å². The van der Waals surface area contributed by atoms with Crippen LogP contribution in [0.5, 0.6) is 0 Å². The van der Waals surface area contributed by atoms with Crippen LogP contribution in [0, 0.1) is 5.82 Å². The summed E-state index contributed by atoms with van der Waals surface area (Å²) in [5.41, 5.74) is -0.0500. The first-order valence-electron chi connectivity index (χ1n) is 4.32. The van der Waals surface area contributed by atoms with Gasteiger partial charge in [-0.05, 0) is 12.1 Å². The number of carbonyl (C=O) groups is 1. The molecule has 0 saturated heterocycles. The summed E-state index contributed by atoms with van der Waals surface area (Å²) < 4.78 is 13.5. The van der Waals surface area contributed by atoms with Gasteiger partial charge in [-0.3, -0.25) is 0 Å². The van der Waals surface area contributed by atoms with E-state index in [9.17, 15) is 9.18 Å². The molecule has 0 amide bonds. The minimum Gasteiger partial charge on any atom is -0.477 e. The fourth-order valence-corrected chi connectivity index (χ4v) is 1.53. The van der Waals surface area contributed by atoms with Gasteiger partial charge in [-0.1, -0.05) is 17.7 Å². The van der Waals surface area contributed by atoms with E-state index in [2.05, 4.69) is 9.97 Å². The van der Waals surface area contributed by atoms with Gasteiger partial charge in [-0.25, -0.2) is 14.2 Å². The smallest absolute Gasteiger partial charge is 0.353 e. The Morgan fingerprint density at radius 1 is 1.50 bits per heavy atom. The Kier molecular flexibility index (Phi) is 2.62. The monoisotopic (exact) mass is 240 g/mol. The highest BCUT2D eigenvalue weighted by Gasteiger charge is 2.14. The van der Waals surface area contributed by atoms with Crippen molar-refractivity contribution in [1.82, 2.24) is 9.97 Å². The van der Waals surface area contributed by atoms with E-state index in [4.69, 9.17) is 16.7 Å². The van der Waals surface area contributed by atoms with E-state index in [0.29, 0.717) is 0 Å². The molecular weight excluding hydrogens is 235 g/mol. The molecule has 1 heterocycles. The van der Waals surface area contributed by atoms with Gasteiger partial charge in [0, 0.05) is 0 Å². The lowest BCUT2D eigenvalue weighted by Gasteiger charge is -2.01. The van der Waals surface area contributed by atoms with Crippen molar-refractivity contribution in [3.63, 3.8) is 0 Å². The summed E-state index contributed by atoms with van der Waals surface area (Å²) in [7, 11) is 0. The summed E-state index contributed by atoms with van der Waals surface area (Å²) in [5, 5.41) is 8.86. The van der Waals surface area contributed by atoms with Crippen LogP contribution in [-0.2, 0) is 0 Å². The third-order valence-corrected chi connectivity index (χ3v) is 2.32. The summed E-state index contributed by atoms with van der Waals surface area (Å²) in [6.07, 6.45) is 1.11. The summed E-state index contributed by atoms with van der Waals surface area (Å²) in [6.45, 7) is 0. The molecule has 4 nitrogen and oxygen atoms in total. The number of aromatic carboxylic acids is 1. The van der Waals surface area contributed by atoms with Gasteiger partial charge in [0.15, 0.2) is 0 Å². The quantitative estimate of drug-likeness (QED) is 0.848. The number of imidazole rings is 1. The predicted molar refractivity (Wildman–Crippen MR) is 56.0 cm³/mol. The molecule has 2 rings (SSSR count). The third kappa shape index (κ3) is 1.77. The van der Waals surface area contributed by atoms with Crippen molar-refractivity contribution in [3.05, 3.63) is 40.9 Å². The third-order valence-electron chi connectivity index (χ3n) is 2.01. The zero-order valence-electron chi connectivity index (χ0n) is 7.87. The van der Waals surface area contributed by atoms with Crippen LogP contribution in [0.4, 0.5) is 4.39 Å². The molecule has 0 atom stereocenters. The van der Waals surface area contributed by atoms with Crippen molar-refractivity contribution in [2.24, 2.45) is 0 Å². The van der Waals surface area contributed by atoms with Crippen molar-refractivity contribution in [3.8, 4) is 11.4 Å². The zero-order valence-corrected chi connectivity index (χ0v) is 8.62. The lowest BCUT2D eigenvalue weighted by atomic mass is 10.2. The molecule has 0 radical (unpaired) electrons. The highest BCUT2D eigenvalue weighted by molar-refractivity contribution is 6.33. The van der Waals surface area contributed by atoms with E-state index in [0.717, 1.165) is 6.20 Å². The summed E-state index contributed by atoms with van der Waals surface area (Å²) in [4.78, 5) is 16.9.